The predicted molar refractivity (Wildman–Crippen MR) is 57.0 cm³/mol. The molecule has 4 nitrogen and oxygen atoms in total. The normalized spacial score (nSPS) is 14.1. The maximum Gasteiger partial charge on any atom is 0.167 e. The highest BCUT2D eigenvalue weighted by molar-refractivity contribution is 5.61. The zero-order valence-electron chi connectivity index (χ0n) is 8.82. The average molecular weight is 207 g/mol. The fraction of sp³-hybridized carbons (Fsp3) is 0.455. The monoisotopic (exact) mass is 207 g/mol. The number of fused-ring (bicyclic) bond motifs is 1. The molecule has 0 fully saturated rings. The van der Waals surface area contributed by atoms with Crippen LogP contribution in [0.5, 0.6) is 11.5 Å². The summed E-state index contributed by atoms with van der Waals surface area (Å²) in [5, 5.41) is 3.01. The summed E-state index contributed by atoms with van der Waals surface area (Å²) in [7, 11) is 0. The molecule has 0 amide bonds. The molecule has 1 aliphatic heterocycles. The van der Waals surface area contributed by atoms with Crippen LogP contribution in [0.25, 0.3) is 0 Å². The first-order chi connectivity index (χ1) is 7.24. The molecule has 0 N–H and O–H groups in total. The average Bonchev–Trinajstić information content (AvgIpc) is 2.27. The third-order valence-corrected chi connectivity index (χ3v) is 2.40. The van der Waals surface area contributed by atoms with Gasteiger partial charge < -0.3 is 9.47 Å². The number of hydrogen-bond donors (Lipinski definition) is 0. The minimum atomic E-state index is 0.189. The zero-order chi connectivity index (χ0) is 10.8. The van der Waals surface area contributed by atoms with E-state index in [1.807, 2.05) is 13.8 Å². The molecule has 0 aliphatic carbocycles. The van der Waals surface area contributed by atoms with E-state index in [0.717, 1.165) is 5.56 Å². The van der Waals surface area contributed by atoms with E-state index in [1.165, 1.54) is 0 Å². The highest BCUT2D eigenvalue weighted by atomic mass is 16.6. The molecule has 0 bridgehead atoms. The molecule has 15 heavy (non-hydrogen) atoms. The molecule has 0 atom stereocenters. The van der Waals surface area contributed by atoms with Crippen molar-refractivity contribution in [1.29, 1.82) is 0 Å². The fourth-order valence-electron chi connectivity index (χ4n) is 1.76. The van der Waals surface area contributed by atoms with Crippen LogP contribution in [0.1, 0.15) is 25.3 Å². The number of rotatable bonds is 2. The molecule has 0 unspecified atom stereocenters. The lowest BCUT2D eigenvalue weighted by Crippen LogP contribution is -2.16. The number of nitrogens with zero attached hydrogens (tertiary/aromatic N) is 1. The van der Waals surface area contributed by atoms with E-state index in [2.05, 4.69) is 5.18 Å². The van der Waals surface area contributed by atoms with E-state index in [1.54, 1.807) is 12.1 Å². The highest BCUT2D eigenvalue weighted by Gasteiger charge is 2.21. The van der Waals surface area contributed by atoms with Gasteiger partial charge >= 0.3 is 0 Å². The van der Waals surface area contributed by atoms with Gasteiger partial charge in [0.15, 0.2) is 11.5 Å². The second-order valence-electron chi connectivity index (χ2n) is 3.77. The Labute approximate surface area is 88.2 Å². The van der Waals surface area contributed by atoms with Crippen molar-refractivity contribution in [2.75, 3.05) is 13.2 Å². The maximum atomic E-state index is 10.7. The van der Waals surface area contributed by atoms with Crippen LogP contribution in [0.15, 0.2) is 17.3 Å². The summed E-state index contributed by atoms with van der Waals surface area (Å²) in [6.45, 7) is 5.08. The lowest BCUT2D eigenvalue weighted by molar-refractivity contribution is 0.169. The van der Waals surface area contributed by atoms with Crippen LogP contribution in [0, 0.1) is 4.91 Å². The largest absolute Gasteiger partial charge is 0.486 e. The summed E-state index contributed by atoms with van der Waals surface area (Å²) in [4.78, 5) is 10.7. The van der Waals surface area contributed by atoms with E-state index in [9.17, 15) is 4.91 Å². The number of benzene rings is 1. The highest BCUT2D eigenvalue weighted by Crippen LogP contribution is 2.43. The topological polar surface area (TPSA) is 47.9 Å². The van der Waals surface area contributed by atoms with E-state index in [-0.39, 0.29) is 5.92 Å². The van der Waals surface area contributed by atoms with Gasteiger partial charge in [0.25, 0.3) is 0 Å². The molecule has 4 heteroatoms. The van der Waals surface area contributed by atoms with Crippen LogP contribution in [-0.2, 0) is 0 Å². The smallest absolute Gasteiger partial charge is 0.167 e. The van der Waals surface area contributed by atoms with Crippen LogP contribution in [-0.4, -0.2) is 13.2 Å². The SMILES string of the molecule is CC(C)c1c(N=O)ccc2c1OCCO2. The van der Waals surface area contributed by atoms with Gasteiger partial charge in [0.2, 0.25) is 0 Å². The molecule has 0 aromatic heterocycles. The standard InChI is InChI=1S/C11H13NO3/c1-7(2)10-8(12-13)3-4-9-11(10)15-6-5-14-9/h3-4,7H,5-6H2,1-2H3. The first-order valence-corrected chi connectivity index (χ1v) is 5.00. The first-order valence-electron chi connectivity index (χ1n) is 5.00. The number of hydrogen-bond acceptors (Lipinski definition) is 4. The van der Waals surface area contributed by atoms with Gasteiger partial charge in [0.05, 0.1) is 0 Å². The van der Waals surface area contributed by atoms with Crippen LogP contribution < -0.4 is 9.47 Å². The van der Waals surface area contributed by atoms with Gasteiger partial charge in [-0.1, -0.05) is 13.8 Å². The Bertz CT molecular complexity index is 388. The molecule has 1 heterocycles. The van der Waals surface area contributed by atoms with Gasteiger partial charge in [-0.3, -0.25) is 0 Å². The second-order valence-corrected chi connectivity index (χ2v) is 3.77. The summed E-state index contributed by atoms with van der Waals surface area (Å²) in [6, 6.07) is 3.41. The summed E-state index contributed by atoms with van der Waals surface area (Å²) in [5.74, 6) is 1.57. The molecule has 0 radical (unpaired) electrons. The molecule has 0 saturated carbocycles. The summed E-state index contributed by atoms with van der Waals surface area (Å²) >= 11 is 0. The molecule has 1 aromatic carbocycles. The van der Waals surface area contributed by atoms with Crippen LogP contribution in [0.3, 0.4) is 0 Å². The van der Waals surface area contributed by atoms with Crippen molar-refractivity contribution in [3.63, 3.8) is 0 Å². The van der Waals surface area contributed by atoms with Crippen molar-refractivity contribution in [3.05, 3.63) is 22.6 Å². The van der Waals surface area contributed by atoms with E-state index >= 15 is 0 Å². The molecule has 0 spiro atoms. The Morgan fingerprint density at radius 1 is 1.27 bits per heavy atom. The van der Waals surface area contributed by atoms with Crippen molar-refractivity contribution >= 4 is 5.69 Å². The summed E-state index contributed by atoms with van der Waals surface area (Å²) < 4.78 is 11.0. The molecule has 80 valence electrons. The van der Waals surface area contributed by atoms with Crippen molar-refractivity contribution in [2.45, 2.75) is 19.8 Å². The molecular formula is C11H13NO3. The first kappa shape index (κ1) is 9.96. The lowest BCUT2D eigenvalue weighted by atomic mass is 9.99. The Balaban J connectivity index is 2.59. The maximum absolute atomic E-state index is 10.7. The van der Waals surface area contributed by atoms with Crippen LogP contribution in [0.4, 0.5) is 5.69 Å². The quantitative estimate of drug-likeness (QED) is 0.700. The minimum Gasteiger partial charge on any atom is -0.486 e. The van der Waals surface area contributed by atoms with E-state index in [0.29, 0.717) is 30.4 Å². The van der Waals surface area contributed by atoms with Crippen molar-refractivity contribution in [1.82, 2.24) is 0 Å². The van der Waals surface area contributed by atoms with Gasteiger partial charge in [0.1, 0.15) is 18.9 Å². The Morgan fingerprint density at radius 3 is 2.67 bits per heavy atom. The lowest BCUT2D eigenvalue weighted by Gasteiger charge is -2.23. The van der Waals surface area contributed by atoms with Crippen molar-refractivity contribution < 1.29 is 9.47 Å². The van der Waals surface area contributed by atoms with Gasteiger partial charge in [-0.15, -0.1) is 4.91 Å². The van der Waals surface area contributed by atoms with Gasteiger partial charge in [0, 0.05) is 5.56 Å². The van der Waals surface area contributed by atoms with Crippen LogP contribution in [0.2, 0.25) is 0 Å². The Kier molecular flexibility index (Phi) is 2.58. The molecule has 0 saturated heterocycles. The predicted octanol–water partition coefficient (Wildman–Crippen LogP) is 2.98. The number of nitroso groups, excluding NO2 is 1. The molecule has 1 aromatic rings. The van der Waals surface area contributed by atoms with Crippen LogP contribution >= 0.6 is 0 Å². The van der Waals surface area contributed by atoms with Crippen molar-refractivity contribution in [3.8, 4) is 11.5 Å². The van der Waals surface area contributed by atoms with E-state index < -0.39 is 0 Å². The van der Waals surface area contributed by atoms with E-state index in [4.69, 9.17) is 9.47 Å². The Morgan fingerprint density at radius 2 is 2.00 bits per heavy atom. The fourth-order valence-corrected chi connectivity index (χ4v) is 1.76. The second kappa shape index (κ2) is 3.88. The summed E-state index contributed by atoms with van der Waals surface area (Å²) in [5.41, 5.74) is 1.27. The minimum absolute atomic E-state index is 0.189. The van der Waals surface area contributed by atoms with Gasteiger partial charge in [-0.2, -0.15) is 0 Å². The van der Waals surface area contributed by atoms with Gasteiger partial charge in [-0.05, 0) is 23.2 Å². The third kappa shape index (κ3) is 1.67. The third-order valence-electron chi connectivity index (χ3n) is 2.40. The summed E-state index contributed by atoms with van der Waals surface area (Å²) in [6.07, 6.45) is 0. The number of ether oxygens (including phenoxy) is 2. The Hall–Kier alpha value is -1.58. The molecule has 1 aliphatic rings. The molecular weight excluding hydrogens is 194 g/mol. The van der Waals surface area contributed by atoms with Crippen molar-refractivity contribution in [2.24, 2.45) is 5.18 Å². The molecule has 2 rings (SSSR count). The zero-order valence-corrected chi connectivity index (χ0v) is 8.82. The van der Waals surface area contributed by atoms with Gasteiger partial charge in [-0.25, -0.2) is 0 Å².